The fourth-order valence-corrected chi connectivity index (χ4v) is 1.11. The fourth-order valence-electron chi connectivity index (χ4n) is 0.540. The lowest BCUT2D eigenvalue weighted by atomic mass is 10.5. The molecule has 0 saturated carbocycles. The van der Waals surface area contributed by atoms with Gasteiger partial charge in [-0.3, -0.25) is 4.79 Å². The van der Waals surface area contributed by atoms with Crippen molar-refractivity contribution in [3.05, 3.63) is 20.7 Å². The Morgan fingerprint density at radius 3 is 3.11 bits per heavy atom. The van der Waals surface area contributed by atoms with Crippen molar-refractivity contribution in [2.24, 2.45) is 0 Å². The van der Waals surface area contributed by atoms with Gasteiger partial charge >= 0.3 is 4.87 Å². The highest BCUT2D eigenvalue weighted by atomic mass is 32.1. The number of nitrogens with one attached hydrogen (secondary N) is 1. The fraction of sp³-hybridized carbons (Fsp3) is 0.400. The van der Waals surface area contributed by atoms with Crippen LogP contribution in [0.25, 0.3) is 0 Å². The predicted octanol–water partition coefficient (Wildman–Crippen LogP) is 0.583. The van der Waals surface area contributed by atoms with Crippen molar-refractivity contribution < 1.29 is 4.74 Å². The van der Waals surface area contributed by atoms with Crippen molar-refractivity contribution in [1.29, 1.82) is 0 Å². The maximum absolute atomic E-state index is 10.5. The van der Waals surface area contributed by atoms with E-state index in [9.17, 15) is 4.79 Å². The zero-order valence-corrected chi connectivity index (χ0v) is 5.83. The first-order valence-electron chi connectivity index (χ1n) is 2.48. The summed E-state index contributed by atoms with van der Waals surface area (Å²) < 4.78 is 4.78. The summed E-state index contributed by atoms with van der Waals surface area (Å²) >= 11 is 1.15. The number of rotatable bonds is 2. The standard InChI is InChI=1S/C5H7NO2S/c1-8-2-4-3-9-5(7)6-4/h3H,2H2,1H3,(H,6,7). The van der Waals surface area contributed by atoms with Gasteiger partial charge in [-0.1, -0.05) is 11.3 Å². The van der Waals surface area contributed by atoms with E-state index >= 15 is 0 Å². The Kier molecular flexibility index (Phi) is 2.02. The third-order valence-corrected chi connectivity index (χ3v) is 1.59. The molecule has 0 radical (unpaired) electrons. The van der Waals surface area contributed by atoms with Crippen LogP contribution in [-0.4, -0.2) is 12.1 Å². The van der Waals surface area contributed by atoms with E-state index < -0.39 is 0 Å². The van der Waals surface area contributed by atoms with Crippen LogP contribution in [0.2, 0.25) is 0 Å². The molecule has 0 atom stereocenters. The lowest BCUT2D eigenvalue weighted by molar-refractivity contribution is 0.182. The molecule has 0 bridgehead atoms. The molecule has 3 nitrogen and oxygen atoms in total. The zero-order valence-electron chi connectivity index (χ0n) is 5.01. The van der Waals surface area contributed by atoms with Crippen molar-refractivity contribution in [2.75, 3.05) is 7.11 Å². The molecular formula is C5H7NO2S. The van der Waals surface area contributed by atoms with E-state index in [1.807, 2.05) is 0 Å². The van der Waals surface area contributed by atoms with Crippen LogP contribution in [0.1, 0.15) is 5.69 Å². The van der Waals surface area contributed by atoms with Crippen molar-refractivity contribution in [3.63, 3.8) is 0 Å². The number of methoxy groups -OCH3 is 1. The molecule has 9 heavy (non-hydrogen) atoms. The Balaban J connectivity index is 2.73. The molecule has 0 unspecified atom stereocenters. The van der Waals surface area contributed by atoms with Gasteiger partial charge in [0.15, 0.2) is 0 Å². The van der Waals surface area contributed by atoms with Gasteiger partial charge in [-0.05, 0) is 0 Å². The van der Waals surface area contributed by atoms with E-state index in [4.69, 9.17) is 4.74 Å². The van der Waals surface area contributed by atoms with Gasteiger partial charge in [-0.25, -0.2) is 0 Å². The number of aromatic amines is 1. The largest absolute Gasteiger partial charge is 0.378 e. The Hall–Kier alpha value is -0.610. The number of hydrogen-bond acceptors (Lipinski definition) is 3. The quantitative estimate of drug-likeness (QED) is 0.661. The van der Waals surface area contributed by atoms with Crippen LogP contribution in [0.3, 0.4) is 0 Å². The summed E-state index contributed by atoms with van der Waals surface area (Å²) in [6, 6.07) is 0. The van der Waals surface area contributed by atoms with Crippen molar-refractivity contribution >= 4 is 11.3 Å². The highest BCUT2D eigenvalue weighted by molar-refractivity contribution is 7.07. The molecule has 0 spiro atoms. The lowest BCUT2D eigenvalue weighted by Gasteiger charge is -1.89. The van der Waals surface area contributed by atoms with E-state index in [1.165, 1.54) is 0 Å². The van der Waals surface area contributed by atoms with Crippen molar-refractivity contribution in [2.45, 2.75) is 6.61 Å². The minimum Gasteiger partial charge on any atom is -0.378 e. The van der Waals surface area contributed by atoms with Gasteiger partial charge < -0.3 is 9.72 Å². The maximum atomic E-state index is 10.5. The number of aromatic nitrogens is 1. The summed E-state index contributed by atoms with van der Waals surface area (Å²) in [6.07, 6.45) is 0. The second-order valence-electron chi connectivity index (χ2n) is 1.61. The smallest absolute Gasteiger partial charge is 0.304 e. The minimum absolute atomic E-state index is 0.0259. The first kappa shape index (κ1) is 6.51. The number of ether oxygens (including phenoxy) is 1. The summed E-state index contributed by atoms with van der Waals surface area (Å²) in [6.45, 7) is 0.485. The molecule has 1 aromatic rings. The van der Waals surface area contributed by atoms with Gasteiger partial charge in [-0.2, -0.15) is 0 Å². The molecule has 0 aliphatic rings. The Morgan fingerprint density at radius 1 is 1.89 bits per heavy atom. The highest BCUT2D eigenvalue weighted by Gasteiger charge is 1.92. The molecule has 1 rings (SSSR count). The van der Waals surface area contributed by atoms with Gasteiger partial charge in [0.25, 0.3) is 0 Å². The van der Waals surface area contributed by atoms with E-state index in [0.29, 0.717) is 6.61 Å². The molecular weight excluding hydrogens is 138 g/mol. The first-order chi connectivity index (χ1) is 4.33. The van der Waals surface area contributed by atoms with Gasteiger partial charge in [0.2, 0.25) is 0 Å². The molecule has 1 heterocycles. The molecule has 1 N–H and O–H groups in total. The maximum Gasteiger partial charge on any atom is 0.304 e. The first-order valence-corrected chi connectivity index (χ1v) is 3.36. The molecule has 0 saturated heterocycles. The Morgan fingerprint density at radius 2 is 2.67 bits per heavy atom. The SMILES string of the molecule is COCc1csc(=O)[nH]1. The van der Waals surface area contributed by atoms with E-state index in [-0.39, 0.29) is 4.87 Å². The molecule has 50 valence electrons. The van der Waals surface area contributed by atoms with Crippen LogP contribution in [-0.2, 0) is 11.3 Å². The highest BCUT2D eigenvalue weighted by Crippen LogP contribution is 1.95. The molecule has 1 aromatic heterocycles. The van der Waals surface area contributed by atoms with Crippen LogP contribution >= 0.6 is 11.3 Å². The average molecular weight is 145 g/mol. The van der Waals surface area contributed by atoms with Gasteiger partial charge in [0.1, 0.15) is 0 Å². The summed E-state index contributed by atoms with van der Waals surface area (Å²) in [5.41, 5.74) is 0.840. The third kappa shape index (κ3) is 1.65. The lowest BCUT2D eigenvalue weighted by Crippen LogP contribution is -1.95. The van der Waals surface area contributed by atoms with Gasteiger partial charge in [-0.15, -0.1) is 0 Å². The predicted molar refractivity (Wildman–Crippen MR) is 35.7 cm³/mol. The summed E-state index contributed by atoms with van der Waals surface area (Å²) in [4.78, 5) is 13.1. The molecule has 4 heteroatoms. The molecule has 0 aromatic carbocycles. The van der Waals surface area contributed by atoms with Crippen molar-refractivity contribution in [1.82, 2.24) is 4.98 Å². The van der Waals surface area contributed by atoms with Crippen LogP contribution in [0.15, 0.2) is 10.2 Å². The number of H-pyrrole nitrogens is 1. The average Bonchev–Trinajstić information content (AvgIpc) is 2.17. The van der Waals surface area contributed by atoms with E-state index in [0.717, 1.165) is 17.0 Å². The Bertz CT molecular complexity index is 227. The van der Waals surface area contributed by atoms with Gasteiger partial charge in [0.05, 0.1) is 12.3 Å². The van der Waals surface area contributed by atoms with E-state index in [1.54, 1.807) is 12.5 Å². The third-order valence-electron chi connectivity index (χ3n) is 0.871. The monoisotopic (exact) mass is 145 g/mol. The number of thiazole rings is 1. The van der Waals surface area contributed by atoms with Crippen molar-refractivity contribution in [3.8, 4) is 0 Å². The van der Waals surface area contributed by atoms with E-state index in [2.05, 4.69) is 4.98 Å². The summed E-state index contributed by atoms with van der Waals surface area (Å²) in [5, 5.41) is 1.76. The van der Waals surface area contributed by atoms with Crippen LogP contribution in [0.5, 0.6) is 0 Å². The second-order valence-corrected chi connectivity index (χ2v) is 2.45. The molecule has 0 aliphatic carbocycles. The van der Waals surface area contributed by atoms with Gasteiger partial charge in [0, 0.05) is 12.5 Å². The van der Waals surface area contributed by atoms with Crippen LogP contribution in [0, 0.1) is 0 Å². The minimum atomic E-state index is -0.0259. The molecule has 0 aliphatic heterocycles. The van der Waals surface area contributed by atoms with Crippen LogP contribution in [0.4, 0.5) is 0 Å². The zero-order chi connectivity index (χ0) is 6.69. The second kappa shape index (κ2) is 2.80. The Labute approximate surface area is 56.3 Å². The summed E-state index contributed by atoms with van der Waals surface area (Å²) in [5.74, 6) is 0. The topological polar surface area (TPSA) is 42.1 Å². The number of hydrogen-bond donors (Lipinski definition) is 1. The molecule has 0 fully saturated rings. The van der Waals surface area contributed by atoms with Crippen LogP contribution < -0.4 is 4.87 Å². The normalized spacial score (nSPS) is 9.89. The molecule has 0 amide bonds. The summed E-state index contributed by atoms with van der Waals surface area (Å²) in [7, 11) is 1.59.